The van der Waals surface area contributed by atoms with Crippen molar-refractivity contribution in [3.63, 3.8) is 0 Å². The third-order valence-electron chi connectivity index (χ3n) is 2.91. The summed E-state index contributed by atoms with van der Waals surface area (Å²) in [5, 5.41) is 0. The van der Waals surface area contributed by atoms with Crippen molar-refractivity contribution in [3.05, 3.63) is 6.07 Å². The van der Waals surface area contributed by atoms with E-state index in [0.29, 0.717) is 23.8 Å². The van der Waals surface area contributed by atoms with Crippen LogP contribution in [0.1, 0.15) is 12.8 Å². The fraction of sp³-hybridized carbons (Fsp3) is 0.636. The van der Waals surface area contributed by atoms with Crippen molar-refractivity contribution in [2.24, 2.45) is 5.73 Å². The fourth-order valence-electron chi connectivity index (χ4n) is 1.84. The maximum atomic E-state index is 5.87. The number of nitrogens with two attached hydrogens (primary N) is 1. The largest absolute Gasteiger partial charge is 0.481 e. The highest BCUT2D eigenvalue weighted by Crippen LogP contribution is 2.22. The van der Waals surface area contributed by atoms with Crippen LogP contribution in [0.5, 0.6) is 11.8 Å². The molecular weight excluding hydrogens is 220 g/mol. The van der Waals surface area contributed by atoms with E-state index >= 15 is 0 Å². The van der Waals surface area contributed by atoms with Gasteiger partial charge in [0, 0.05) is 19.1 Å². The number of hydrogen-bond donors (Lipinski definition) is 1. The molecule has 0 radical (unpaired) electrons. The zero-order valence-electron chi connectivity index (χ0n) is 10.2. The Kier molecular flexibility index (Phi) is 3.63. The number of hydrogen-bond acceptors (Lipinski definition) is 6. The van der Waals surface area contributed by atoms with Crippen LogP contribution >= 0.6 is 0 Å². The molecule has 0 saturated carbocycles. The predicted octanol–water partition coefficient (Wildman–Crippen LogP) is 0.421. The summed E-state index contributed by atoms with van der Waals surface area (Å²) in [6.45, 7) is 1.75. The molecule has 6 nitrogen and oxygen atoms in total. The maximum absolute atomic E-state index is 5.87. The van der Waals surface area contributed by atoms with Gasteiger partial charge >= 0.3 is 0 Å². The number of ether oxygens (including phenoxy) is 2. The second kappa shape index (κ2) is 5.18. The first kappa shape index (κ1) is 11.9. The highest BCUT2D eigenvalue weighted by atomic mass is 16.5. The lowest BCUT2D eigenvalue weighted by molar-refractivity contribution is 0.370. The number of nitrogens with zero attached hydrogens (tertiary/aromatic N) is 3. The monoisotopic (exact) mass is 238 g/mol. The fourth-order valence-corrected chi connectivity index (χ4v) is 1.84. The maximum Gasteiger partial charge on any atom is 0.231 e. The van der Waals surface area contributed by atoms with Crippen LogP contribution in [0, 0.1) is 0 Å². The van der Waals surface area contributed by atoms with Gasteiger partial charge in [0.05, 0.1) is 20.3 Å². The van der Waals surface area contributed by atoms with E-state index in [1.54, 1.807) is 20.3 Å². The topological polar surface area (TPSA) is 73.5 Å². The Morgan fingerprint density at radius 2 is 1.71 bits per heavy atom. The van der Waals surface area contributed by atoms with E-state index in [4.69, 9.17) is 15.2 Å². The summed E-state index contributed by atoms with van der Waals surface area (Å²) >= 11 is 0. The SMILES string of the molecule is COc1cc(OC)nc(N2CCC(N)CC2)n1. The van der Waals surface area contributed by atoms with Crippen molar-refractivity contribution < 1.29 is 9.47 Å². The molecule has 6 heteroatoms. The number of anilines is 1. The second-order valence-electron chi connectivity index (χ2n) is 4.08. The van der Waals surface area contributed by atoms with Gasteiger partial charge in [-0.25, -0.2) is 0 Å². The summed E-state index contributed by atoms with van der Waals surface area (Å²) in [5.74, 6) is 1.68. The summed E-state index contributed by atoms with van der Waals surface area (Å²) in [6, 6.07) is 1.96. The number of aromatic nitrogens is 2. The van der Waals surface area contributed by atoms with Crippen LogP contribution in [-0.4, -0.2) is 43.3 Å². The molecule has 94 valence electrons. The molecule has 2 rings (SSSR count). The third kappa shape index (κ3) is 2.76. The van der Waals surface area contributed by atoms with E-state index in [2.05, 4.69) is 14.9 Å². The Balaban J connectivity index is 2.19. The summed E-state index contributed by atoms with van der Waals surface area (Å²) < 4.78 is 10.3. The molecule has 0 aromatic carbocycles. The highest BCUT2D eigenvalue weighted by Gasteiger charge is 2.19. The van der Waals surface area contributed by atoms with Gasteiger partial charge in [0.15, 0.2) is 0 Å². The van der Waals surface area contributed by atoms with Crippen molar-refractivity contribution in [3.8, 4) is 11.8 Å². The van der Waals surface area contributed by atoms with Crippen LogP contribution in [-0.2, 0) is 0 Å². The van der Waals surface area contributed by atoms with Crippen LogP contribution in [0.15, 0.2) is 6.07 Å². The van der Waals surface area contributed by atoms with Crippen molar-refractivity contribution in [2.75, 3.05) is 32.2 Å². The first-order valence-electron chi connectivity index (χ1n) is 5.70. The molecule has 17 heavy (non-hydrogen) atoms. The molecule has 1 aliphatic rings. The number of methoxy groups -OCH3 is 2. The Hall–Kier alpha value is -1.56. The van der Waals surface area contributed by atoms with E-state index in [0.717, 1.165) is 25.9 Å². The summed E-state index contributed by atoms with van der Waals surface area (Å²) in [6.07, 6.45) is 1.92. The zero-order chi connectivity index (χ0) is 12.3. The molecule has 1 aromatic rings. The normalized spacial score (nSPS) is 17.0. The lowest BCUT2D eigenvalue weighted by atomic mass is 10.1. The van der Waals surface area contributed by atoms with Crippen LogP contribution in [0.2, 0.25) is 0 Å². The molecule has 1 aromatic heterocycles. The van der Waals surface area contributed by atoms with Crippen molar-refractivity contribution in [1.82, 2.24) is 9.97 Å². The molecule has 0 amide bonds. The van der Waals surface area contributed by atoms with Crippen molar-refractivity contribution >= 4 is 5.95 Å². The summed E-state index contributed by atoms with van der Waals surface area (Å²) in [4.78, 5) is 10.7. The molecule has 0 spiro atoms. The third-order valence-corrected chi connectivity index (χ3v) is 2.91. The first-order valence-corrected chi connectivity index (χ1v) is 5.70. The van der Waals surface area contributed by atoms with Gasteiger partial charge in [-0.15, -0.1) is 0 Å². The van der Waals surface area contributed by atoms with Gasteiger partial charge in [0.1, 0.15) is 0 Å². The van der Waals surface area contributed by atoms with E-state index in [-0.39, 0.29) is 0 Å². The molecule has 0 unspecified atom stereocenters. The Morgan fingerprint density at radius 1 is 1.18 bits per heavy atom. The van der Waals surface area contributed by atoms with Gasteiger partial charge in [-0.05, 0) is 12.8 Å². The molecule has 1 saturated heterocycles. The lowest BCUT2D eigenvalue weighted by Crippen LogP contribution is -2.40. The van der Waals surface area contributed by atoms with E-state index < -0.39 is 0 Å². The Morgan fingerprint density at radius 3 is 2.18 bits per heavy atom. The van der Waals surface area contributed by atoms with Gasteiger partial charge < -0.3 is 20.1 Å². The van der Waals surface area contributed by atoms with Crippen LogP contribution in [0.4, 0.5) is 5.95 Å². The quantitative estimate of drug-likeness (QED) is 0.822. The molecular formula is C11H18N4O2. The van der Waals surface area contributed by atoms with Gasteiger partial charge in [0.25, 0.3) is 0 Å². The standard InChI is InChI=1S/C11H18N4O2/c1-16-9-7-10(17-2)14-11(13-9)15-5-3-8(12)4-6-15/h7-8H,3-6,12H2,1-2H3. The average Bonchev–Trinajstić information content (AvgIpc) is 2.39. The smallest absolute Gasteiger partial charge is 0.231 e. The number of piperidine rings is 1. The first-order chi connectivity index (χ1) is 8.22. The Labute approximate surface area is 101 Å². The second-order valence-corrected chi connectivity index (χ2v) is 4.08. The van der Waals surface area contributed by atoms with Crippen LogP contribution < -0.4 is 20.1 Å². The van der Waals surface area contributed by atoms with Crippen molar-refractivity contribution in [1.29, 1.82) is 0 Å². The highest BCUT2D eigenvalue weighted by molar-refractivity contribution is 5.37. The zero-order valence-corrected chi connectivity index (χ0v) is 10.2. The molecule has 0 bridgehead atoms. The van der Waals surface area contributed by atoms with E-state index in [9.17, 15) is 0 Å². The van der Waals surface area contributed by atoms with E-state index in [1.807, 2.05) is 0 Å². The summed E-state index contributed by atoms with van der Waals surface area (Å²) in [5.41, 5.74) is 5.87. The minimum atomic E-state index is 0.291. The van der Waals surface area contributed by atoms with Gasteiger partial charge in [-0.1, -0.05) is 0 Å². The molecule has 2 heterocycles. The number of rotatable bonds is 3. The predicted molar refractivity (Wildman–Crippen MR) is 64.6 cm³/mol. The minimum Gasteiger partial charge on any atom is -0.481 e. The molecule has 0 aliphatic carbocycles. The molecule has 1 aliphatic heterocycles. The van der Waals surface area contributed by atoms with Gasteiger partial charge in [-0.2, -0.15) is 9.97 Å². The van der Waals surface area contributed by atoms with Crippen LogP contribution in [0.25, 0.3) is 0 Å². The van der Waals surface area contributed by atoms with E-state index in [1.165, 1.54) is 0 Å². The molecule has 2 N–H and O–H groups in total. The summed E-state index contributed by atoms with van der Waals surface area (Å²) in [7, 11) is 3.16. The molecule has 1 fully saturated rings. The van der Waals surface area contributed by atoms with Gasteiger partial charge in [-0.3, -0.25) is 0 Å². The Bertz CT molecular complexity index is 355. The molecule has 0 atom stereocenters. The van der Waals surface area contributed by atoms with Crippen molar-refractivity contribution in [2.45, 2.75) is 18.9 Å². The van der Waals surface area contributed by atoms with Gasteiger partial charge in [0.2, 0.25) is 17.7 Å². The lowest BCUT2D eigenvalue weighted by Gasteiger charge is -2.30. The minimum absolute atomic E-state index is 0.291. The average molecular weight is 238 g/mol. The van der Waals surface area contributed by atoms with Crippen LogP contribution in [0.3, 0.4) is 0 Å².